The highest BCUT2D eigenvalue weighted by Crippen LogP contribution is 2.33. The van der Waals surface area contributed by atoms with Gasteiger partial charge in [-0.15, -0.1) is 11.3 Å². The molecule has 33 heavy (non-hydrogen) atoms. The number of thiophene rings is 1. The highest BCUT2D eigenvalue weighted by atomic mass is 32.2. The Morgan fingerprint density at radius 3 is 2.61 bits per heavy atom. The number of carbonyl (C=O) groups excluding carboxylic acids is 3. The number of carbonyl (C=O) groups is 3. The van der Waals surface area contributed by atoms with E-state index in [0.29, 0.717) is 29.4 Å². The molecule has 2 amide bonds. The summed E-state index contributed by atoms with van der Waals surface area (Å²) < 4.78 is 32.6. The van der Waals surface area contributed by atoms with Gasteiger partial charge < -0.3 is 15.4 Å². The fraction of sp³-hybridized carbons (Fsp3) is 0.333. The molecule has 0 fully saturated rings. The van der Waals surface area contributed by atoms with Gasteiger partial charge in [0.15, 0.2) is 6.61 Å². The van der Waals surface area contributed by atoms with Crippen LogP contribution in [0.5, 0.6) is 0 Å². The van der Waals surface area contributed by atoms with E-state index in [4.69, 9.17) is 4.74 Å². The van der Waals surface area contributed by atoms with Crippen LogP contribution in [0.4, 0.5) is 10.7 Å². The third kappa shape index (κ3) is 6.17. The van der Waals surface area contributed by atoms with Crippen molar-refractivity contribution in [2.45, 2.75) is 38.5 Å². The standard InChI is InChI=1S/C21H24N4O6S2/c1-12-13(2)32-20(23-14(3)26)19(12)21(28)31-11-18(27)24-15-6-4-7-16(10-15)33(29,30)25-17-8-5-9-22-17/h4,6-7,10H,5,8-9,11H2,1-3H3,(H,22,25)(H,23,26)(H,24,27). The van der Waals surface area contributed by atoms with Crippen LogP contribution in [0.25, 0.3) is 0 Å². The number of rotatable bonds is 7. The molecule has 0 unspecified atom stereocenters. The Bertz CT molecular complexity index is 1230. The van der Waals surface area contributed by atoms with Crippen LogP contribution in [0.3, 0.4) is 0 Å². The predicted molar refractivity (Wildman–Crippen MR) is 125 cm³/mol. The van der Waals surface area contributed by atoms with Crippen LogP contribution in [-0.4, -0.2) is 45.2 Å². The molecule has 2 heterocycles. The molecule has 3 N–H and O–H groups in total. The summed E-state index contributed by atoms with van der Waals surface area (Å²) in [6.07, 6.45) is 1.36. The first-order valence-corrected chi connectivity index (χ1v) is 12.4. The number of amidine groups is 1. The highest BCUT2D eigenvalue weighted by molar-refractivity contribution is 7.90. The first-order chi connectivity index (χ1) is 15.6. The van der Waals surface area contributed by atoms with Crippen LogP contribution in [0.1, 0.15) is 40.6 Å². The van der Waals surface area contributed by atoms with E-state index in [1.54, 1.807) is 6.92 Å². The van der Waals surface area contributed by atoms with Gasteiger partial charge in [-0.1, -0.05) is 6.07 Å². The van der Waals surface area contributed by atoms with Gasteiger partial charge in [0.25, 0.3) is 15.9 Å². The van der Waals surface area contributed by atoms with E-state index in [1.165, 1.54) is 42.5 Å². The molecule has 0 atom stereocenters. The molecule has 0 saturated carbocycles. The van der Waals surface area contributed by atoms with Gasteiger partial charge >= 0.3 is 5.97 Å². The zero-order valence-corrected chi connectivity index (χ0v) is 20.0. The lowest BCUT2D eigenvalue weighted by Gasteiger charge is -2.11. The number of aryl methyl sites for hydroxylation is 1. The van der Waals surface area contributed by atoms with Crippen LogP contribution in [0.2, 0.25) is 0 Å². The predicted octanol–water partition coefficient (Wildman–Crippen LogP) is 2.59. The molecule has 0 aliphatic carbocycles. The number of hydrogen-bond acceptors (Lipinski definition) is 8. The van der Waals surface area contributed by atoms with Crippen LogP contribution >= 0.6 is 11.3 Å². The van der Waals surface area contributed by atoms with Gasteiger partial charge in [-0.2, -0.15) is 0 Å². The van der Waals surface area contributed by atoms with Gasteiger partial charge in [0.05, 0.1) is 10.5 Å². The summed E-state index contributed by atoms with van der Waals surface area (Å²) in [7, 11) is -3.83. The summed E-state index contributed by atoms with van der Waals surface area (Å²) in [5.41, 5.74) is 1.09. The lowest BCUT2D eigenvalue weighted by molar-refractivity contribution is -0.119. The van der Waals surface area contributed by atoms with Crippen molar-refractivity contribution in [3.05, 3.63) is 40.3 Å². The fourth-order valence-electron chi connectivity index (χ4n) is 3.10. The van der Waals surface area contributed by atoms with E-state index in [0.717, 1.165) is 11.3 Å². The third-order valence-electron chi connectivity index (χ3n) is 4.77. The van der Waals surface area contributed by atoms with Crippen molar-refractivity contribution >= 4 is 55.7 Å². The molecule has 1 aliphatic heterocycles. The minimum absolute atomic E-state index is 0.0313. The molecule has 0 bridgehead atoms. The molecule has 1 aliphatic rings. The number of hydrogen-bond donors (Lipinski definition) is 3. The molecule has 1 aromatic carbocycles. The summed E-state index contributed by atoms with van der Waals surface area (Å²) in [5.74, 6) is -1.30. The number of nitrogens with one attached hydrogen (secondary N) is 3. The van der Waals surface area contributed by atoms with E-state index < -0.39 is 28.5 Å². The number of amides is 2. The number of anilines is 2. The van der Waals surface area contributed by atoms with E-state index in [2.05, 4.69) is 20.3 Å². The zero-order chi connectivity index (χ0) is 24.2. The van der Waals surface area contributed by atoms with E-state index in [9.17, 15) is 22.8 Å². The number of esters is 1. The topological polar surface area (TPSA) is 143 Å². The zero-order valence-electron chi connectivity index (χ0n) is 18.4. The Morgan fingerprint density at radius 1 is 1.18 bits per heavy atom. The second-order valence-electron chi connectivity index (χ2n) is 7.36. The first-order valence-electron chi connectivity index (χ1n) is 10.1. The number of benzene rings is 1. The second-order valence-corrected chi connectivity index (χ2v) is 10.3. The monoisotopic (exact) mass is 492 g/mol. The fourth-order valence-corrected chi connectivity index (χ4v) is 5.33. The summed E-state index contributed by atoms with van der Waals surface area (Å²) in [5, 5.41) is 5.47. The minimum atomic E-state index is -3.83. The quantitative estimate of drug-likeness (QED) is 0.507. The van der Waals surface area contributed by atoms with Crippen molar-refractivity contribution in [3.63, 3.8) is 0 Å². The van der Waals surface area contributed by atoms with E-state index >= 15 is 0 Å². The molecule has 10 nitrogen and oxygen atoms in total. The van der Waals surface area contributed by atoms with Gasteiger partial charge in [0.1, 0.15) is 10.8 Å². The third-order valence-corrected chi connectivity index (χ3v) is 7.27. The van der Waals surface area contributed by atoms with Crippen molar-refractivity contribution in [3.8, 4) is 0 Å². The maximum atomic E-state index is 12.5. The molecular weight excluding hydrogens is 468 g/mol. The largest absolute Gasteiger partial charge is 0.452 e. The summed E-state index contributed by atoms with van der Waals surface area (Å²) >= 11 is 1.24. The number of nitrogens with zero attached hydrogens (tertiary/aromatic N) is 1. The van der Waals surface area contributed by atoms with Crippen LogP contribution < -0.4 is 15.4 Å². The van der Waals surface area contributed by atoms with Crippen LogP contribution in [0.15, 0.2) is 34.2 Å². The normalized spacial score (nSPS) is 13.2. The lowest BCUT2D eigenvalue weighted by atomic mass is 10.1. The number of sulfonamides is 1. The molecule has 12 heteroatoms. The van der Waals surface area contributed by atoms with Gasteiger partial charge in [-0.05, 0) is 44.0 Å². The maximum absolute atomic E-state index is 12.5. The first kappa shape index (κ1) is 24.4. The summed E-state index contributed by atoms with van der Waals surface area (Å²) in [6, 6.07) is 5.72. The molecule has 0 saturated heterocycles. The van der Waals surface area contributed by atoms with Crippen molar-refractivity contribution in [2.24, 2.45) is 4.99 Å². The number of aliphatic imine (C=N–C) groups is 1. The molecule has 1 aromatic heterocycles. The average Bonchev–Trinajstić information content (AvgIpc) is 3.33. The molecule has 176 valence electrons. The van der Waals surface area contributed by atoms with Crippen molar-refractivity contribution in [1.29, 1.82) is 0 Å². The van der Waals surface area contributed by atoms with Crippen molar-refractivity contribution < 1.29 is 27.5 Å². The Balaban J connectivity index is 1.63. The highest BCUT2D eigenvalue weighted by Gasteiger charge is 2.23. The Hall–Kier alpha value is -3.25. The van der Waals surface area contributed by atoms with E-state index in [-0.39, 0.29) is 22.1 Å². The van der Waals surface area contributed by atoms with Gasteiger partial charge in [-0.3, -0.25) is 19.3 Å². The Morgan fingerprint density at radius 2 is 1.94 bits per heavy atom. The molecule has 2 aromatic rings. The number of ether oxygens (including phenoxy) is 1. The maximum Gasteiger partial charge on any atom is 0.341 e. The second kappa shape index (κ2) is 10.1. The summed E-state index contributed by atoms with van der Waals surface area (Å²) in [4.78, 5) is 41.1. The van der Waals surface area contributed by atoms with Gasteiger partial charge in [-0.25, -0.2) is 13.2 Å². The molecule has 0 radical (unpaired) electrons. The smallest absolute Gasteiger partial charge is 0.341 e. The average molecular weight is 493 g/mol. The van der Waals surface area contributed by atoms with Crippen molar-refractivity contribution in [2.75, 3.05) is 23.8 Å². The SMILES string of the molecule is CC(=O)Nc1sc(C)c(C)c1C(=O)OCC(=O)Nc1cccc(S(=O)(=O)NC2=NCCC2)c1. The van der Waals surface area contributed by atoms with Gasteiger partial charge in [0, 0.05) is 30.5 Å². The molecule has 0 spiro atoms. The Kier molecular flexibility index (Phi) is 7.49. The van der Waals surface area contributed by atoms with Crippen LogP contribution in [0, 0.1) is 13.8 Å². The van der Waals surface area contributed by atoms with Gasteiger partial charge in [0.2, 0.25) is 5.91 Å². The van der Waals surface area contributed by atoms with Crippen LogP contribution in [-0.2, 0) is 24.3 Å². The Labute approximate surface area is 195 Å². The molecular formula is C21H24N4O6S2. The summed E-state index contributed by atoms with van der Waals surface area (Å²) in [6.45, 7) is 4.87. The minimum Gasteiger partial charge on any atom is -0.452 e. The van der Waals surface area contributed by atoms with Crippen molar-refractivity contribution in [1.82, 2.24) is 4.72 Å². The molecule has 3 rings (SSSR count). The lowest BCUT2D eigenvalue weighted by Crippen LogP contribution is -2.29. The van der Waals surface area contributed by atoms with E-state index in [1.807, 2.05) is 6.92 Å².